The fourth-order valence-corrected chi connectivity index (χ4v) is 9.45. The summed E-state index contributed by atoms with van der Waals surface area (Å²) in [5.74, 6) is -1.91. The number of rotatable bonds is 5. The van der Waals surface area contributed by atoms with E-state index >= 15 is 0 Å². The van der Waals surface area contributed by atoms with Crippen molar-refractivity contribution in [2.24, 2.45) is 21.7 Å². The molecule has 0 radical (unpaired) electrons. The van der Waals surface area contributed by atoms with Gasteiger partial charge in [0.05, 0.1) is 21.8 Å². The lowest BCUT2D eigenvalue weighted by molar-refractivity contribution is -0.217. The van der Waals surface area contributed by atoms with E-state index in [-0.39, 0.29) is 45.0 Å². The molecular formula is C36H41BrO11. The Hall–Kier alpha value is -3.41. The lowest BCUT2D eigenvalue weighted by atomic mass is 9.66. The fourth-order valence-electron chi connectivity index (χ4n) is 8.88. The Labute approximate surface area is 286 Å². The Balaban J connectivity index is 1.39. The molecule has 4 bridgehead atoms. The minimum atomic E-state index is -1.60. The van der Waals surface area contributed by atoms with E-state index in [4.69, 9.17) is 28.1 Å². The summed E-state index contributed by atoms with van der Waals surface area (Å²) in [5.41, 5.74) is -8.13. The van der Waals surface area contributed by atoms with Gasteiger partial charge in [-0.15, -0.1) is 0 Å². The van der Waals surface area contributed by atoms with Crippen molar-refractivity contribution in [2.45, 2.75) is 123 Å². The van der Waals surface area contributed by atoms with Crippen molar-refractivity contribution in [3.8, 4) is 5.75 Å². The molecule has 2 saturated heterocycles. The van der Waals surface area contributed by atoms with Gasteiger partial charge in [0.2, 0.25) is 16.6 Å². The third kappa shape index (κ3) is 3.62. The van der Waals surface area contributed by atoms with E-state index in [1.54, 1.807) is 39.8 Å². The number of fused-ring (bicyclic) bond motifs is 7. The van der Waals surface area contributed by atoms with E-state index in [0.717, 1.165) is 0 Å². The molecule has 3 aliphatic heterocycles. The Morgan fingerprint density at radius 1 is 0.792 bits per heavy atom. The Kier molecular flexibility index (Phi) is 6.64. The Morgan fingerprint density at radius 3 is 1.77 bits per heavy atom. The van der Waals surface area contributed by atoms with Crippen LogP contribution in [0, 0.1) is 21.7 Å². The maximum atomic E-state index is 14.5. The van der Waals surface area contributed by atoms with E-state index in [0.29, 0.717) is 25.0 Å². The second-order valence-corrected chi connectivity index (χ2v) is 16.9. The standard InChI is InChI=1S/C36H41BrO11/c1-10-18-21(37)22(38)17-11-12-19-20(23(17)43-18)24(44-28(41)35-15-13-33(8,26(39)47-35)31(35,4)5)25(30(2,3)46-19)45-29(42)36-16-14-34(9,27(40)48-36)32(36,6)7/h11-12,24-25H,10,13-16H2,1-9H3/t24-,25-,33+,34-,35?,36?/m1/s1. The van der Waals surface area contributed by atoms with Gasteiger partial charge < -0.3 is 28.1 Å². The summed E-state index contributed by atoms with van der Waals surface area (Å²) in [7, 11) is 0. The number of carbonyl (C=O) groups is 4. The van der Waals surface area contributed by atoms with E-state index in [1.807, 2.05) is 34.6 Å². The number of aryl methyl sites for hydroxylation is 1. The van der Waals surface area contributed by atoms with Crippen LogP contribution in [0.2, 0.25) is 0 Å². The molecule has 6 atom stereocenters. The number of hydrogen-bond donors (Lipinski definition) is 0. The summed E-state index contributed by atoms with van der Waals surface area (Å²) in [6.45, 7) is 16.1. The van der Waals surface area contributed by atoms with Crippen molar-refractivity contribution in [3.63, 3.8) is 0 Å². The van der Waals surface area contributed by atoms with Gasteiger partial charge in [0, 0.05) is 17.3 Å². The van der Waals surface area contributed by atoms with Gasteiger partial charge in [-0.2, -0.15) is 0 Å². The third-order valence-corrected chi connectivity index (χ3v) is 14.1. The molecule has 2 saturated carbocycles. The van der Waals surface area contributed by atoms with Crippen LogP contribution < -0.4 is 10.2 Å². The van der Waals surface area contributed by atoms with Crippen molar-refractivity contribution in [2.75, 3.05) is 0 Å². The minimum absolute atomic E-state index is 0.113. The molecule has 0 N–H and O–H groups in total. The van der Waals surface area contributed by atoms with Gasteiger partial charge in [-0.25, -0.2) is 9.59 Å². The average Bonchev–Trinajstić information content (AvgIpc) is 3.47. The summed E-state index contributed by atoms with van der Waals surface area (Å²) in [6, 6.07) is 3.17. The number of halogens is 1. The monoisotopic (exact) mass is 728 g/mol. The Bertz CT molecular complexity index is 1910. The third-order valence-electron chi connectivity index (χ3n) is 13.3. The highest BCUT2D eigenvalue weighted by molar-refractivity contribution is 9.10. The fraction of sp³-hybridized carbons (Fsp3) is 0.639. The maximum Gasteiger partial charge on any atom is 0.351 e. The van der Waals surface area contributed by atoms with Crippen molar-refractivity contribution < 1.29 is 47.3 Å². The number of benzene rings is 1. The predicted molar refractivity (Wildman–Crippen MR) is 173 cm³/mol. The van der Waals surface area contributed by atoms with Crippen molar-refractivity contribution in [1.29, 1.82) is 0 Å². The highest BCUT2D eigenvalue weighted by Crippen LogP contribution is 2.67. The van der Waals surface area contributed by atoms with Crippen LogP contribution in [0.1, 0.15) is 105 Å². The molecule has 48 heavy (non-hydrogen) atoms. The van der Waals surface area contributed by atoms with E-state index in [9.17, 15) is 24.0 Å². The SMILES string of the molecule is CCc1oc2c3c(ccc2c(=O)c1Br)OC(C)(C)[C@H](OC(=O)C12CC[C@](C)(C(=O)O1)C2(C)C)[C@@H]3OC(=O)C12CC[C@@](C)(C(=O)O1)C2(C)C. The smallest absolute Gasteiger partial charge is 0.351 e. The molecule has 0 spiro atoms. The van der Waals surface area contributed by atoms with Gasteiger partial charge in [-0.1, -0.05) is 34.6 Å². The number of hydrogen-bond acceptors (Lipinski definition) is 11. The molecule has 5 aliphatic rings. The van der Waals surface area contributed by atoms with E-state index in [1.165, 1.54) is 0 Å². The van der Waals surface area contributed by atoms with Crippen LogP contribution >= 0.6 is 15.9 Å². The summed E-state index contributed by atoms with van der Waals surface area (Å²) in [5, 5.41) is 0.197. The molecular weight excluding hydrogens is 688 g/mol. The normalized spacial score (nSPS) is 36.3. The van der Waals surface area contributed by atoms with Crippen LogP contribution in [0.4, 0.5) is 0 Å². The lowest BCUT2D eigenvalue weighted by Gasteiger charge is -2.45. The van der Waals surface area contributed by atoms with Gasteiger partial charge in [0.15, 0.2) is 12.2 Å². The van der Waals surface area contributed by atoms with Crippen LogP contribution in [0.3, 0.4) is 0 Å². The number of esters is 4. The van der Waals surface area contributed by atoms with Crippen molar-refractivity contribution in [1.82, 2.24) is 0 Å². The predicted octanol–water partition coefficient (Wildman–Crippen LogP) is 6.03. The highest BCUT2D eigenvalue weighted by Gasteiger charge is 2.78. The second kappa shape index (κ2) is 9.63. The van der Waals surface area contributed by atoms with E-state index in [2.05, 4.69) is 15.9 Å². The summed E-state index contributed by atoms with van der Waals surface area (Å²) in [6.07, 6.45) is -0.951. The molecule has 11 nitrogen and oxygen atoms in total. The molecule has 7 rings (SSSR count). The van der Waals surface area contributed by atoms with Gasteiger partial charge in [-0.05, 0) is 81.4 Å². The Morgan fingerprint density at radius 2 is 1.31 bits per heavy atom. The molecule has 0 amide bonds. The maximum absolute atomic E-state index is 14.5. The first-order chi connectivity index (χ1) is 22.2. The summed E-state index contributed by atoms with van der Waals surface area (Å²) < 4.78 is 37.5. The zero-order chi connectivity index (χ0) is 35.2. The van der Waals surface area contributed by atoms with Crippen molar-refractivity contribution >= 4 is 50.8 Å². The molecule has 2 unspecified atom stereocenters. The molecule has 1 aromatic heterocycles. The van der Waals surface area contributed by atoms with Crippen LogP contribution in [0.5, 0.6) is 5.75 Å². The second-order valence-electron chi connectivity index (χ2n) is 16.1. The van der Waals surface area contributed by atoms with Crippen LogP contribution in [-0.4, -0.2) is 46.8 Å². The van der Waals surface area contributed by atoms with Gasteiger partial charge in [-0.3, -0.25) is 14.4 Å². The first-order valence-corrected chi connectivity index (χ1v) is 17.3. The average molecular weight is 730 g/mol. The zero-order valence-corrected chi connectivity index (χ0v) is 30.3. The summed E-state index contributed by atoms with van der Waals surface area (Å²) >= 11 is 3.36. The summed E-state index contributed by atoms with van der Waals surface area (Å²) in [4.78, 5) is 68.7. The van der Waals surface area contributed by atoms with Crippen molar-refractivity contribution in [3.05, 3.63) is 38.2 Å². The first kappa shape index (κ1) is 33.1. The molecule has 4 fully saturated rings. The molecule has 12 heteroatoms. The largest absolute Gasteiger partial charge is 0.483 e. The van der Waals surface area contributed by atoms with Gasteiger partial charge in [0.1, 0.15) is 27.2 Å². The first-order valence-electron chi connectivity index (χ1n) is 16.5. The zero-order valence-electron chi connectivity index (χ0n) is 28.7. The molecule has 258 valence electrons. The quantitative estimate of drug-likeness (QED) is 0.263. The molecule has 4 heterocycles. The lowest BCUT2D eigenvalue weighted by Crippen LogP contribution is -2.57. The van der Waals surface area contributed by atoms with Gasteiger partial charge >= 0.3 is 23.9 Å². The minimum Gasteiger partial charge on any atom is -0.483 e. The highest BCUT2D eigenvalue weighted by atomic mass is 79.9. The van der Waals surface area contributed by atoms with Crippen LogP contribution in [0.15, 0.2) is 25.8 Å². The van der Waals surface area contributed by atoms with Crippen LogP contribution in [-0.2, 0) is 44.5 Å². The molecule has 1 aromatic carbocycles. The molecule has 2 aromatic rings. The number of carbonyl (C=O) groups excluding carboxylic acids is 4. The van der Waals surface area contributed by atoms with Crippen LogP contribution in [0.25, 0.3) is 11.0 Å². The molecule has 2 aliphatic carbocycles. The van der Waals surface area contributed by atoms with E-state index < -0.39 is 74.5 Å². The number of ether oxygens (including phenoxy) is 5. The topological polar surface area (TPSA) is 145 Å². The van der Waals surface area contributed by atoms with Gasteiger partial charge in [0.25, 0.3) is 0 Å².